The van der Waals surface area contributed by atoms with Crippen LogP contribution in [0.1, 0.15) is 72.7 Å². The van der Waals surface area contributed by atoms with E-state index >= 15 is 0 Å². The number of allylic oxidation sites excluding steroid dienone is 4. The fourth-order valence-electron chi connectivity index (χ4n) is 6.17. The number of hydrogen-bond acceptors (Lipinski definition) is 0. The highest BCUT2D eigenvalue weighted by Crippen LogP contribution is 2.36. The third kappa shape index (κ3) is 4.73. The summed E-state index contributed by atoms with van der Waals surface area (Å²) >= 11 is 0. The van der Waals surface area contributed by atoms with Gasteiger partial charge >= 0.3 is 0 Å². The molecule has 1 N–H and O–H groups in total. The summed E-state index contributed by atoms with van der Waals surface area (Å²) in [5, 5.41) is 2.28. The van der Waals surface area contributed by atoms with Gasteiger partial charge < -0.3 is 14.1 Å². The highest BCUT2D eigenvalue weighted by Gasteiger charge is 2.20. The van der Waals surface area contributed by atoms with E-state index < -0.39 is 0 Å². The first kappa shape index (κ1) is 29.2. The van der Waals surface area contributed by atoms with E-state index in [-0.39, 0.29) is 0 Å². The van der Waals surface area contributed by atoms with Gasteiger partial charge in [-0.25, -0.2) is 0 Å². The summed E-state index contributed by atoms with van der Waals surface area (Å²) in [6, 6.07) is 13.1. The van der Waals surface area contributed by atoms with Gasteiger partial charge in [-0.1, -0.05) is 74.9 Å². The molecule has 3 heteroatoms. The van der Waals surface area contributed by atoms with E-state index in [9.17, 15) is 0 Å². The van der Waals surface area contributed by atoms with Gasteiger partial charge in [0.15, 0.2) is 0 Å². The van der Waals surface area contributed by atoms with Crippen molar-refractivity contribution in [3.63, 3.8) is 0 Å². The van der Waals surface area contributed by atoms with Crippen LogP contribution in [0.5, 0.6) is 0 Å². The highest BCUT2D eigenvalue weighted by atomic mass is 15.0. The zero-order valence-electron chi connectivity index (χ0n) is 25.6. The second kappa shape index (κ2) is 12.3. The fourth-order valence-corrected chi connectivity index (χ4v) is 6.17. The summed E-state index contributed by atoms with van der Waals surface area (Å²) in [4.78, 5) is 3.62. The molecule has 3 aromatic heterocycles. The molecule has 0 saturated carbocycles. The van der Waals surface area contributed by atoms with Crippen LogP contribution in [-0.2, 0) is 0 Å². The molecule has 0 saturated heterocycles. The first-order valence-corrected chi connectivity index (χ1v) is 14.7. The lowest BCUT2D eigenvalue weighted by Gasteiger charge is -2.12. The molecule has 0 radical (unpaired) electrons. The third-order valence-electron chi connectivity index (χ3n) is 7.84. The number of aromatic nitrogens is 3. The maximum absolute atomic E-state index is 4.18. The molecule has 0 spiro atoms. The van der Waals surface area contributed by atoms with Crippen molar-refractivity contribution >= 4 is 70.4 Å². The largest absolute Gasteiger partial charge is 0.355 e. The van der Waals surface area contributed by atoms with Crippen LogP contribution < -0.4 is 0 Å². The number of nitrogens with one attached hydrogen (secondary N) is 1. The van der Waals surface area contributed by atoms with Crippen LogP contribution >= 0.6 is 0 Å². The Bertz CT molecular complexity index is 1790. The van der Waals surface area contributed by atoms with Gasteiger partial charge in [0, 0.05) is 55.4 Å². The van der Waals surface area contributed by atoms with Crippen molar-refractivity contribution in [1.82, 2.24) is 14.1 Å². The van der Waals surface area contributed by atoms with E-state index in [0.29, 0.717) is 0 Å². The van der Waals surface area contributed by atoms with Crippen LogP contribution in [0.2, 0.25) is 0 Å². The van der Waals surface area contributed by atoms with Gasteiger partial charge in [-0.2, -0.15) is 0 Å². The van der Waals surface area contributed by atoms with Gasteiger partial charge in [0.05, 0.1) is 22.8 Å². The van der Waals surface area contributed by atoms with Gasteiger partial charge in [-0.15, -0.1) is 0 Å². The Morgan fingerprint density at radius 1 is 0.488 bits per heavy atom. The minimum atomic E-state index is 1.03. The molecule has 0 amide bonds. The lowest BCUT2D eigenvalue weighted by atomic mass is 10.1. The predicted molar refractivity (Wildman–Crippen MR) is 194 cm³/mol. The summed E-state index contributed by atoms with van der Waals surface area (Å²) in [5.74, 6) is 0. The minimum Gasteiger partial charge on any atom is -0.355 e. The molecule has 5 rings (SSSR count). The number of hydrogen-bond donors (Lipinski definition) is 1. The van der Waals surface area contributed by atoms with Crippen LogP contribution in [0.25, 0.3) is 81.8 Å². The SMILES string of the molecule is C=Cc1c(/C=C\C)c(/C=C\C)c(C=C)n1-c1ccc2[nH]c3ccc(-n4c(C=C)c(/C=C\C)c(/C=C\C)c4C=C)cc3c2c1. The molecule has 0 atom stereocenters. The Hall–Kier alpha value is -5.28. The average Bonchev–Trinajstić information content (AvgIpc) is 3.64. The normalized spacial score (nSPS) is 12.2. The summed E-state index contributed by atoms with van der Waals surface area (Å²) in [6.45, 7) is 24.9. The molecule has 0 aliphatic carbocycles. The van der Waals surface area contributed by atoms with Crippen molar-refractivity contribution in [3.8, 4) is 11.4 Å². The molecule has 2 aromatic carbocycles. The number of H-pyrrole nitrogens is 1. The first-order chi connectivity index (χ1) is 21.0. The molecular weight excluding hydrogens is 522 g/mol. The van der Waals surface area contributed by atoms with E-state index in [1.165, 1.54) is 0 Å². The molecule has 3 heterocycles. The quantitative estimate of drug-likeness (QED) is 0.175. The fraction of sp³-hybridized carbons (Fsp3) is 0.100. The molecule has 0 aliphatic heterocycles. The van der Waals surface area contributed by atoms with Gasteiger partial charge in [0.2, 0.25) is 0 Å². The van der Waals surface area contributed by atoms with Crippen molar-refractivity contribution in [2.75, 3.05) is 0 Å². The zero-order valence-corrected chi connectivity index (χ0v) is 25.6. The lowest BCUT2D eigenvalue weighted by Crippen LogP contribution is -2.00. The molecule has 0 fully saturated rings. The second-order valence-corrected chi connectivity index (χ2v) is 10.3. The van der Waals surface area contributed by atoms with Crippen molar-refractivity contribution in [1.29, 1.82) is 0 Å². The minimum absolute atomic E-state index is 1.03. The van der Waals surface area contributed by atoms with E-state index in [4.69, 9.17) is 0 Å². The van der Waals surface area contributed by atoms with Crippen molar-refractivity contribution < 1.29 is 0 Å². The number of fused-ring (bicyclic) bond motifs is 3. The molecule has 3 nitrogen and oxygen atoms in total. The Balaban J connectivity index is 1.81. The third-order valence-corrected chi connectivity index (χ3v) is 7.84. The maximum Gasteiger partial charge on any atom is 0.0535 e. The van der Waals surface area contributed by atoms with E-state index in [1.807, 2.05) is 52.0 Å². The van der Waals surface area contributed by atoms with Crippen LogP contribution in [0, 0.1) is 0 Å². The number of rotatable bonds is 10. The van der Waals surface area contributed by atoms with Crippen LogP contribution in [0.3, 0.4) is 0 Å². The van der Waals surface area contributed by atoms with Gasteiger partial charge in [0.25, 0.3) is 0 Å². The van der Waals surface area contributed by atoms with Gasteiger partial charge in [-0.3, -0.25) is 0 Å². The Morgan fingerprint density at radius 3 is 1.05 bits per heavy atom. The highest BCUT2D eigenvalue weighted by molar-refractivity contribution is 6.08. The topological polar surface area (TPSA) is 25.6 Å². The van der Waals surface area contributed by atoms with Crippen LogP contribution in [0.15, 0.2) is 87.0 Å². The lowest BCUT2D eigenvalue weighted by molar-refractivity contribution is 1.05. The van der Waals surface area contributed by atoms with Crippen molar-refractivity contribution in [2.45, 2.75) is 27.7 Å². The van der Waals surface area contributed by atoms with Gasteiger partial charge in [-0.05, 0) is 88.4 Å². The Morgan fingerprint density at radius 2 is 0.791 bits per heavy atom. The Labute approximate surface area is 255 Å². The van der Waals surface area contributed by atoms with Crippen LogP contribution in [0.4, 0.5) is 0 Å². The van der Waals surface area contributed by atoms with Gasteiger partial charge in [0.1, 0.15) is 0 Å². The monoisotopic (exact) mass is 561 g/mol. The molecule has 0 bridgehead atoms. The Kier molecular flexibility index (Phi) is 8.36. The van der Waals surface area contributed by atoms with Crippen molar-refractivity contribution in [3.05, 3.63) is 132 Å². The molecule has 0 aliphatic rings. The first-order valence-electron chi connectivity index (χ1n) is 14.7. The predicted octanol–water partition coefficient (Wildman–Crippen LogP) is 11.6. The molecular formula is C40H39N3. The molecule has 214 valence electrons. The number of benzene rings is 2. The number of nitrogens with zero attached hydrogens (tertiary/aromatic N) is 2. The smallest absolute Gasteiger partial charge is 0.0535 e. The molecule has 5 aromatic rings. The summed E-state index contributed by atoms with van der Waals surface area (Å²) in [5.41, 5.74) is 12.9. The van der Waals surface area contributed by atoms with E-state index in [1.54, 1.807) is 0 Å². The average molecular weight is 562 g/mol. The second-order valence-electron chi connectivity index (χ2n) is 10.3. The summed E-state index contributed by atoms with van der Waals surface area (Å²) < 4.78 is 4.49. The standard InChI is InChI=1S/C40H39N3/c1-9-17-29-30(18-10-2)38(14-6)42(37(29)13-5)27-21-23-35-33(25-27)34-26-28(22-24-36(34)41-35)43-39(15-7)31(19-11-3)32(20-12-4)40(43)16-8/h9-26,41H,5-8H2,1-4H3/b17-9-,18-10-,19-11-,20-12-. The zero-order chi connectivity index (χ0) is 30.7. The van der Waals surface area contributed by atoms with E-state index in [0.717, 1.165) is 78.2 Å². The maximum atomic E-state index is 4.18. The van der Waals surface area contributed by atoms with Crippen LogP contribution in [-0.4, -0.2) is 14.1 Å². The molecule has 43 heavy (non-hydrogen) atoms. The van der Waals surface area contributed by atoms with E-state index in [2.05, 4.69) is 125 Å². The molecule has 0 unspecified atom stereocenters. The number of aromatic amines is 1. The summed E-state index contributed by atoms with van der Waals surface area (Å²) in [6.07, 6.45) is 24.5. The summed E-state index contributed by atoms with van der Waals surface area (Å²) in [7, 11) is 0. The van der Waals surface area contributed by atoms with Crippen molar-refractivity contribution in [2.24, 2.45) is 0 Å².